The molecule has 2 heterocycles. The van der Waals surface area contributed by atoms with Gasteiger partial charge in [-0.3, -0.25) is 0 Å². The number of rotatable bonds is 5. The minimum atomic E-state index is -4.43. The number of aliphatic hydroxyl groups is 1. The first-order chi connectivity index (χ1) is 15.5. The monoisotopic (exact) mass is 508 g/mol. The van der Waals surface area contributed by atoms with Crippen LogP contribution in [0.2, 0.25) is 5.02 Å². The smallest absolute Gasteiger partial charge is 0.384 e. The van der Waals surface area contributed by atoms with Crippen molar-refractivity contribution in [3.05, 3.63) is 76.9 Å². The number of nitrogens with zero attached hydrogens (tertiary/aromatic N) is 2. The number of thioether (sulfide) groups is 1. The fourth-order valence-electron chi connectivity index (χ4n) is 3.38. The third-order valence-corrected chi connectivity index (χ3v) is 7.34. The van der Waals surface area contributed by atoms with Gasteiger partial charge in [-0.15, -0.1) is 23.1 Å². The second-order valence-corrected chi connectivity index (χ2v) is 10.3. The first-order valence-electron chi connectivity index (χ1n) is 9.92. The Morgan fingerprint density at radius 3 is 2.33 bits per heavy atom. The molecule has 0 spiro atoms. The third kappa shape index (κ3) is 4.84. The van der Waals surface area contributed by atoms with Crippen LogP contribution in [0.5, 0.6) is 0 Å². The highest BCUT2D eigenvalue weighted by Crippen LogP contribution is 2.42. The SMILES string of the molecule is CSc1ccc(-c2ccc(-c3cc(C(C)(C)O)nn3-c3ccccc3Cl)s2)cc1C(F)(F)F. The molecule has 4 rings (SSSR count). The van der Waals surface area contributed by atoms with Gasteiger partial charge in [0.25, 0.3) is 0 Å². The summed E-state index contributed by atoms with van der Waals surface area (Å²) in [6.07, 6.45) is -2.80. The highest BCUT2D eigenvalue weighted by Gasteiger charge is 2.33. The number of alkyl halides is 3. The minimum absolute atomic E-state index is 0.189. The zero-order valence-corrected chi connectivity index (χ0v) is 20.3. The number of benzene rings is 2. The summed E-state index contributed by atoms with van der Waals surface area (Å²) in [5.74, 6) is 0. The lowest BCUT2D eigenvalue weighted by molar-refractivity contribution is -0.139. The van der Waals surface area contributed by atoms with Crippen molar-refractivity contribution >= 4 is 34.7 Å². The molecule has 9 heteroatoms. The summed E-state index contributed by atoms with van der Waals surface area (Å²) in [5, 5.41) is 15.6. The van der Waals surface area contributed by atoms with Gasteiger partial charge in [0.1, 0.15) is 5.60 Å². The molecule has 2 aromatic carbocycles. The Kier molecular flexibility index (Phi) is 6.39. The van der Waals surface area contributed by atoms with Crippen LogP contribution in [0.25, 0.3) is 26.7 Å². The van der Waals surface area contributed by atoms with E-state index in [1.807, 2.05) is 24.3 Å². The highest BCUT2D eigenvalue weighted by atomic mass is 35.5. The first-order valence-corrected chi connectivity index (χ1v) is 12.3. The molecule has 0 bridgehead atoms. The van der Waals surface area contributed by atoms with Gasteiger partial charge < -0.3 is 5.11 Å². The van der Waals surface area contributed by atoms with E-state index >= 15 is 0 Å². The van der Waals surface area contributed by atoms with Crippen molar-refractivity contribution in [3.63, 3.8) is 0 Å². The minimum Gasteiger partial charge on any atom is -0.384 e. The molecule has 0 radical (unpaired) electrons. The molecule has 4 aromatic rings. The maximum Gasteiger partial charge on any atom is 0.417 e. The van der Waals surface area contributed by atoms with E-state index in [-0.39, 0.29) is 4.90 Å². The van der Waals surface area contributed by atoms with E-state index in [0.29, 0.717) is 32.5 Å². The molecule has 3 nitrogen and oxygen atoms in total. The Hall–Kier alpha value is -2.26. The van der Waals surface area contributed by atoms with Crippen LogP contribution in [0.4, 0.5) is 13.2 Å². The van der Waals surface area contributed by atoms with E-state index in [1.54, 1.807) is 49.1 Å². The number of aromatic nitrogens is 2. The van der Waals surface area contributed by atoms with Gasteiger partial charge in [0, 0.05) is 9.77 Å². The fraction of sp³-hybridized carbons (Fsp3) is 0.208. The van der Waals surface area contributed by atoms with Gasteiger partial charge in [-0.25, -0.2) is 4.68 Å². The molecular formula is C24H20ClF3N2OS2. The van der Waals surface area contributed by atoms with Crippen molar-refractivity contribution in [2.75, 3.05) is 6.26 Å². The van der Waals surface area contributed by atoms with Crippen molar-refractivity contribution in [2.45, 2.75) is 30.5 Å². The molecule has 0 amide bonds. The quantitative estimate of drug-likeness (QED) is 0.278. The van der Waals surface area contributed by atoms with E-state index in [2.05, 4.69) is 5.10 Å². The van der Waals surface area contributed by atoms with Crippen LogP contribution in [0.15, 0.2) is 65.6 Å². The number of thiophene rings is 1. The summed E-state index contributed by atoms with van der Waals surface area (Å²) < 4.78 is 42.3. The van der Waals surface area contributed by atoms with Crippen molar-refractivity contribution in [2.24, 2.45) is 0 Å². The predicted molar refractivity (Wildman–Crippen MR) is 129 cm³/mol. The van der Waals surface area contributed by atoms with Gasteiger partial charge in [0.2, 0.25) is 0 Å². The zero-order valence-electron chi connectivity index (χ0n) is 17.9. The van der Waals surface area contributed by atoms with Gasteiger partial charge in [-0.05, 0) is 68.1 Å². The molecule has 0 aliphatic heterocycles. The van der Waals surface area contributed by atoms with Gasteiger partial charge in [0.15, 0.2) is 0 Å². The summed E-state index contributed by atoms with van der Waals surface area (Å²) in [6, 6.07) is 17.0. The second-order valence-electron chi connectivity index (χ2n) is 7.91. The van der Waals surface area contributed by atoms with Gasteiger partial charge in [-0.2, -0.15) is 18.3 Å². The summed E-state index contributed by atoms with van der Waals surface area (Å²) in [5.41, 5.74) is 0.444. The largest absolute Gasteiger partial charge is 0.417 e. The van der Waals surface area contributed by atoms with Crippen LogP contribution < -0.4 is 0 Å². The molecule has 33 heavy (non-hydrogen) atoms. The lowest BCUT2D eigenvalue weighted by Crippen LogP contribution is -2.16. The average molecular weight is 509 g/mol. The fourth-order valence-corrected chi connectivity index (χ4v) is 5.19. The summed E-state index contributed by atoms with van der Waals surface area (Å²) in [4.78, 5) is 1.67. The van der Waals surface area contributed by atoms with E-state index in [4.69, 9.17) is 11.6 Å². The van der Waals surface area contributed by atoms with E-state index < -0.39 is 17.3 Å². The molecule has 0 fully saturated rings. The summed E-state index contributed by atoms with van der Waals surface area (Å²) in [7, 11) is 0. The van der Waals surface area contributed by atoms with E-state index in [0.717, 1.165) is 16.6 Å². The maximum absolute atomic E-state index is 13.5. The van der Waals surface area contributed by atoms with Crippen LogP contribution in [0.1, 0.15) is 25.1 Å². The van der Waals surface area contributed by atoms with Gasteiger partial charge in [-0.1, -0.05) is 29.8 Å². The number of para-hydroxylation sites is 1. The molecule has 0 saturated heterocycles. The van der Waals surface area contributed by atoms with Crippen molar-refractivity contribution in [1.82, 2.24) is 9.78 Å². The molecule has 0 aliphatic rings. The van der Waals surface area contributed by atoms with Crippen LogP contribution in [0.3, 0.4) is 0 Å². The summed E-state index contributed by atoms with van der Waals surface area (Å²) in [6.45, 7) is 3.28. The predicted octanol–water partition coefficient (Wildman–Crippen LogP) is 7.89. The van der Waals surface area contributed by atoms with Crippen molar-refractivity contribution in [3.8, 4) is 26.7 Å². The van der Waals surface area contributed by atoms with E-state index in [1.165, 1.54) is 23.5 Å². The number of hydrogen-bond acceptors (Lipinski definition) is 4. The Morgan fingerprint density at radius 2 is 1.70 bits per heavy atom. The molecule has 2 aromatic heterocycles. The number of halogens is 4. The number of hydrogen-bond donors (Lipinski definition) is 1. The first kappa shape index (κ1) is 23.9. The van der Waals surface area contributed by atoms with Gasteiger partial charge in [0.05, 0.1) is 32.5 Å². The highest BCUT2D eigenvalue weighted by molar-refractivity contribution is 7.98. The Morgan fingerprint density at radius 1 is 1.00 bits per heavy atom. The molecule has 0 atom stereocenters. The molecule has 172 valence electrons. The van der Waals surface area contributed by atoms with Crippen molar-refractivity contribution < 1.29 is 18.3 Å². The lowest BCUT2D eigenvalue weighted by atomic mass is 10.1. The normalized spacial score (nSPS) is 12.4. The van der Waals surface area contributed by atoms with Crippen molar-refractivity contribution in [1.29, 1.82) is 0 Å². The standard InChI is InChI=1S/C24H20ClF3N2OS2/c1-23(2,31)22-13-18(30(29-22)17-7-5-4-6-16(17)25)21-11-10-19(33-21)14-8-9-20(32-3)15(12-14)24(26,27)28/h4-13,31H,1-3H3. The van der Waals surface area contributed by atoms with E-state index in [9.17, 15) is 18.3 Å². The van der Waals surface area contributed by atoms with Crippen LogP contribution in [-0.4, -0.2) is 21.1 Å². The molecule has 0 aliphatic carbocycles. The molecule has 1 N–H and O–H groups in total. The average Bonchev–Trinajstić information content (AvgIpc) is 3.40. The molecule has 0 unspecified atom stereocenters. The maximum atomic E-state index is 13.5. The van der Waals surface area contributed by atoms with Gasteiger partial charge >= 0.3 is 6.18 Å². The molecular weight excluding hydrogens is 489 g/mol. The Balaban J connectivity index is 1.83. The zero-order chi connectivity index (χ0) is 24.0. The summed E-state index contributed by atoms with van der Waals surface area (Å²) >= 11 is 8.82. The van der Waals surface area contributed by atoms with Crippen LogP contribution in [0, 0.1) is 0 Å². The third-order valence-electron chi connectivity index (χ3n) is 5.06. The Labute approximate surface area is 202 Å². The second kappa shape index (κ2) is 8.83. The van der Waals surface area contributed by atoms with Crippen LogP contribution >= 0.6 is 34.7 Å². The topological polar surface area (TPSA) is 38.1 Å². The lowest BCUT2D eigenvalue weighted by Gasteiger charge is -2.13. The molecule has 0 saturated carbocycles. The Bertz CT molecular complexity index is 1310. The van der Waals surface area contributed by atoms with Crippen LogP contribution in [-0.2, 0) is 11.8 Å².